The number of hydrogen-bond donors (Lipinski definition) is 1. The zero-order valence-corrected chi connectivity index (χ0v) is 9.88. The normalized spacial score (nSPS) is 11.6. The Kier molecular flexibility index (Phi) is 5.81. The number of nitrogens with zero attached hydrogens (tertiary/aromatic N) is 1. The van der Waals surface area contributed by atoms with Crippen molar-refractivity contribution >= 4 is 6.09 Å². The first-order valence-corrected chi connectivity index (χ1v) is 5.17. The van der Waals surface area contributed by atoms with Crippen molar-refractivity contribution in [2.24, 2.45) is 0 Å². The van der Waals surface area contributed by atoms with Gasteiger partial charge in [0.1, 0.15) is 19.3 Å². The summed E-state index contributed by atoms with van der Waals surface area (Å²) in [5.41, 5.74) is 0. The van der Waals surface area contributed by atoms with E-state index in [1.54, 1.807) is 18.3 Å². The molecule has 0 aromatic carbocycles. The molecule has 94 valence electrons. The molecule has 6 heteroatoms. The van der Waals surface area contributed by atoms with Gasteiger partial charge in [-0.3, -0.25) is 0 Å². The first-order valence-electron chi connectivity index (χ1n) is 5.17. The minimum atomic E-state index is -0.495. The Bertz CT molecular complexity index is 332. The number of rotatable bonds is 6. The van der Waals surface area contributed by atoms with E-state index in [9.17, 15) is 4.79 Å². The molecular formula is C11H16N2O4. The third kappa shape index (κ3) is 5.17. The number of pyridine rings is 1. The maximum atomic E-state index is 10.9. The second-order valence-corrected chi connectivity index (χ2v) is 3.19. The average Bonchev–Trinajstić information content (AvgIpc) is 2.39. The molecule has 1 heterocycles. The number of methoxy groups -OCH3 is 1. The van der Waals surface area contributed by atoms with Crippen molar-refractivity contribution in [1.82, 2.24) is 10.3 Å². The van der Waals surface area contributed by atoms with E-state index >= 15 is 0 Å². The summed E-state index contributed by atoms with van der Waals surface area (Å²) in [5.74, 6) is 0.509. The summed E-state index contributed by atoms with van der Waals surface area (Å²) in [5, 5.41) is 2.35. The lowest BCUT2D eigenvalue weighted by molar-refractivity contribution is 0.00742. The smallest absolute Gasteiger partial charge is 0.406 e. The van der Waals surface area contributed by atoms with E-state index in [4.69, 9.17) is 14.2 Å². The zero-order chi connectivity index (χ0) is 12.5. The Morgan fingerprint density at radius 2 is 2.29 bits per heavy atom. The maximum Gasteiger partial charge on any atom is 0.406 e. The van der Waals surface area contributed by atoms with E-state index in [0.717, 1.165) is 0 Å². The van der Waals surface area contributed by atoms with Crippen LogP contribution in [0.25, 0.3) is 0 Å². The Labute approximate surface area is 99.9 Å². The van der Waals surface area contributed by atoms with E-state index < -0.39 is 6.09 Å². The van der Waals surface area contributed by atoms with Gasteiger partial charge in [0.05, 0.1) is 0 Å². The lowest BCUT2D eigenvalue weighted by Crippen LogP contribution is -2.30. The molecule has 1 amide bonds. The van der Waals surface area contributed by atoms with Crippen molar-refractivity contribution in [1.29, 1.82) is 0 Å². The van der Waals surface area contributed by atoms with Crippen molar-refractivity contribution in [2.75, 3.05) is 27.4 Å². The van der Waals surface area contributed by atoms with Gasteiger partial charge in [-0.15, -0.1) is 0 Å². The Balaban J connectivity index is 2.30. The van der Waals surface area contributed by atoms with E-state index in [-0.39, 0.29) is 19.3 Å². The summed E-state index contributed by atoms with van der Waals surface area (Å²) in [6.45, 7) is 0.396. The molecule has 0 aliphatic rings. The highest BCUT2D eigenvalue weighted by Gasteiger charge is 2.11. The number of amides is 1. The van der Waals surface area contributed by atoms with Crippen molar-refractivity contribution in [3.8, 4) is 5.88 Å². The fourth-order valence-electron chi connectivity index (χ4n) is 1.04. The van der Waals surface area contributed by atoms with Gasteiger partial charge in [-0.05, 0) is 6.07 Å². The number of hydrogen-bond acceptors (Lipinski definition) is 5. The Hall–Kier alpha value is -1.82. The van der Waals surface area contributed by atoms with Gasteiger partial charge < -0.3 is 19.5 Å². The highest BCUT2D eigenvalue weighted by atomic mass is 16.6. The molecule has 0 bridgehead atoms. The van der Waals surface area contributed by atoms with Crippen molar-refractivity contribution in [3.63, 3.8) is 0 Å². The van der Waals surface area contributed by atoms with Crippen LogP contribution < -0.4 is 10.1 Å². The molecule has 0 fully saturated rings. The topological polar surface area (TPSA) is 69.7 Å². The molecule has 0 aliphatic heterocycles. The van der Waals surface area contributed by atoms with Crippen LogP contribution in [0.1, 0.15) is 0 Å². The second-order valence-electron chi connectivity index (χ2n) is 3.19. The fourth-order valence-corrected chi connectivity index (χ4v) is 1.04. The zero-order valence-electron chi connectivity index (χ0n) is 9.88. The van der Waals surface area contributed by atoms with Gasteiger partial charge in [-0.25, -0.2) is 9.78 Å². The molecule has 1 N–H and O–H groups in total. The molecule has 0 radical (unpaired) electrons. The van der Waals surface area contributed by atoms with E-state index in [1.165, 1.54) is 14.2 Å². The lowest BCUT2D eigenvalue weighted by Gasteiger charge is -2.15. The summed E-state index contributed by atoms with van der Waals surface area (Å²) in [7, 11) is 3.02. The van der Waals surface area contributed by atoms with Gasteiger partial charge in [0, 0.05) is 26.4 Å². The van der Waals surface area contributed by atoms with Gasteiger partial charge in [0.2, 0.25) is 5.88 Å². The molecule has 1 rings (SSSR count). The van der Waals surface area contributed by atoms with E-state index in [0.29, 0.717) is 5.88 Å². The van der Waals surface area contributed by atoms with Gasteiger partial charge >= 0.3 is 6.09 Å². The summed E-state index contributed by atoms with van der Waals surface area (Å²) < 4.78 is 15.3. The van der Waals surface area contributed by atoms with E-state index in [1.807, 2.05) is 6.07 Å². The van der Waals surface area contributed by atoms with Crippen molar-refractivity contribution < 1.29 is 19.0 Å². The number of ether oxygens (including phenoxy) is 3. The highest BCUT2D eigenvalue weighted by Crippen LogP contribution is 2.04. The first-order chi connectivity index (χ1) is 8.26. The molecule has 0 saturated heterocycles. The molecule has 0 saturated carbocycles. The molecule has 1 atom stereocenters. The van der Waals surface area contributed by atoms with Crippen LogP contribution in [-0.4, -0.2) is 44.6 Å². The number of carbonyl (C=O) groups excluding carboxylic acids is 1. The summed E-state index contributed by atoms with van der Waals surface area (Å²) in [6, 6.07) is 5.37. The van der Waals surface area contributed by atoms with Crippen LogP contribution in [0, 0.1) is 0 Å². The van der Waals surface area contributed by atoms with Crippen LogP contribution in [0.15, 0.2) is 24.4 Å². The molecule has 1 aromatic heterocycles. The summed E-state index contributed by atoms with van der Waals surface area (Å²) in [6.07, 6.45) is 0.817. The Morgan fingerprint density at radius 3 is 2.88 bits per heavy atom. The monoisotopic (exact) mass is 240 g/mol. The second kappa shape index (κ2) is 7.45. The SMILES string of the molecule is CNC(=O)OCC(COc1ccccn1)OC. The van der Waals surface area contributed by atoms with Gasteiger partial charge in [0.25, 0.3) is 0 Å². The summed E-state index contributed by atoms with van der Waals surface area (Å²) >= 11 is 0. The molecule has 0 spiro atoms. The summed E-state index contributed by atoms with van der Waals surface area (Å²) in [4.78, 5) is 14.9. The van der Waals surface area contributed by atoms with E-state index in [2.05, 4.69) is 10.3 Å². The van der Waals surface area contributed by atoms with Crippen LogP contribution in [0.4, 0.5) is 4.79 Å². The van der Waals surface area contributed by atoms with Crippen LogP contribution in [0.2, 0.25) is 0 Å². The highest BCUT2D eigenvalue weighted by molar-refractivity contribution is 5.66. The van der Waals surface area contributed by atoms with Crippen molar-refractivity contribution in [2.45, 2.75) is 6.10 Å². The quantitative estimate of drug-likeness (QED) is 0.797. The average molecular weight is 240 g/mol. The molecule has 0 aliphatic carbocycles. The predicted molar refractivity (Wildman–Crippen MR) is 60.9 cm³/mol. The third-order valence-corrected chi connectivity index (χ3v) is 1.99. The van der Waals surface area contributed by atoms with Crippen LogP contribution in [0.5, 0.6) is 5.88 Å². The van der Waals surface area contributed by atoms with Gasteiger partial charge in [-0.2, -0.15) is 0 Å². The predicted octanol–water partition coefficient (Wildman–Crippen LogP) is 0.831. The standard InChI is InChI=1S/C11H16N2O4/c1-12-11(14)17-8-9(15-2)7-16-10-5-3-4-6-13-10/h3-6,9H,7-8H2,1-2H3,(H,12,14). The fraction of sp³-hybridized carbons (Fsp3) is 0.455. The Morgan fingerprint density at radius 1 is 1.47 bits per heavy atom. The maximum absolute atomic E-state index is 10.9. The number of aromatic nitrogens is 1. The molecular weight excluding hydrogens is 224 g/mol. The molecule has 6 nitrogen and oxygen atoms in total. The van der Waals surface area contributed by atoms with Crippen LogP contribution >= 0.6 is 0 Å². The molecule has 17 heavy (non-hydrogen) atoms. The lowest BCUT2D eigenvalue weighted by atomic mass is 10.4. The molecule has 1 unspecified atom stereocenters. The third-order valence-electron chi connectivity index (χ3n) is 1.99. The number of nitrogens with one attached hydrogen (secondary N) is 1. The van der Waals surface area contributed by atoms with Gasteiger partial charge in [0.15, 0.2) is 0 Å². The minimum Gasteiger partial charge on any atom is -0.475 e. The molecule has 1 aromatic rings. The van der Waals surface area contributed by atoms with Gasteiger partial charge in [-0.1, -0.05) is 6.07 Å². The largest absolute Gasteiger partial charge is 0.475 e. The first kappa shape index (κ1) is 13.2. The number of alkyl carbamates (subject to hydrolysis) is 1. The van der Waals surface area contributed by atoms with Crippen LogP contribution in [-0.2, 0) is 9.47 Å². The minimum absolute atomic E-state index is 0.128. The number of carbonyl (C=O) groups is 1. The van der Waals surface area contributed by atoms with Crippen LogP contribution in [0.3, 0.4) is 0 Å². The van der Waals surface area contributed by atoms with Crippen molar-refractivity contribution in [3.05, 3.63) is 24.4 Å².